The van der Waals surface area contributed by atoms with E-state index in [4.69, 9.17) is 4.99 Å². The summed E-state index contributed by atoms with van der Waals surface area (Å²) in [4.78, 5) is 16.4. The minimum atomic E-state index is -0.0853. The fourth-order valence-electron chi connectivity index (χ4n) is 3.42. The Labute approximate surface area is 207 Å². The van der Waals surface area contributed by atoms with Crippen molar-refractivity contribution in [1.82, 2.24) is 16.0 Å². The lowest BCUT2D eigenvalue weighted by atomic mass is 9.91. The van der Waals surface area contributed by atoms with Gasteiger partial charge in [-0.2, -0.15) is 0 Å². The van der Waals surface area contributed by atoms with Gasteiger partial charge in [-0.15, -0.1) is 24.0 Å². The van der Waals surface area contributed by atoms with E-state index in [1.54, 1.807) is 7.05 Å². The second kappa shape index (κ2) is 13.5. The number of halogens is 1. The van der Waals surface area contributed by atoms with Gasteiger partial charge in [0.2, 0.25) is 0 Å². The molecule has 3 aromatic carbocycles. The summed E-state index contributed by atoms with van der Waals surface area (Å²) in [6.07, 6.45) is 0. The third-order valence-electron chi connectivity index (χ3n) is 5.08. The van der Waals surface area contributed by atoms with Gasteiger partial charge in [-0.1, -0.05) is 72.8 Å². The van der Waals surface area contributed by atoms with Crippen molar-refractivity contribution in [1.29, 1.82) is 0 Å². The van der Waals surface area contributed by atoms with Crippen LogP contribution in [0.5, 0.6) is 0 Å². The zero-order valence-corrected chi connectivity index (χ0v) is 20.9. The molecule has 0 aliphatic heterocycles. The summed E-state index contributed by atoms with van der Waals surface area (Å²) in [7, 11) is 1.63. The first-order valence-electron chi connectivity index (χ1n) is 10.6. The zero-order chi connectivity index (χ0) is 21.9. The molecule has 3 aromatic rings. The van der Waals surface area contributed by atoms with E-state index in [2.05, 4.69) is 71.4 Å². The topological polar surface area (TPSA) is 65.5 Å². The maximum atomic E-state index is 11.7. The molecule has 0 saturated heterocycles. The number of carbonyl (C=O) groups excluding carboxylic acids is 1. The predicted octanol–water partition coefficient (Wildman–Crippen LogP) is 4.55. The summed E-state index contributed by atoms with van der Waals surface area (Å²) in [6, 6.07) is 28.6. The van der Waals surface area contributed by atoms with Crippen molar-refractivity contribution in [2.45, 2.75) is 19.4 Å². The van der Waals surface area contributed by atoms with Gasteiger partial charge < -0.3 is 16.0 Å². The van der Waals surface area contributed by atoms with Gasteiger partial charge in [0.05, 0.1) is 6.54 Å². The molecule has 0 fully saturated rings. The summed E-state index contributed by atoms with van der Waals surface area (Å²) in [6.45, 7) is 4.10. The van der Waals surface area contributed by atoms with Crippen LogP contribution < -0.4 is 16.0 Å². The second-order valence-corrected chi connectivity index (χ2v) is 7.23. The number of benzene rings is 3. The smallest absolute Gasteiger partial charge is 0.251 e. The van der Waals surface area contributed by atoms with E-state index in [0.29, 0.717) is 12.1 Å². The molecular weight excluding hydrogens is 511 g/mol. The molecule has 6 heteroatoms. The number of nitrogens with zero attached hydrogens (tertiary/aromatic N) is 1. The highest BCUT2D eigenvalue weighted by atomic mass is 127. The van der Waals surface area contributed by atoms with Crippen molar-refractivity contribution in [2.75, 3.05) is 20.1 Å². The molecule has 5 nitrogen and oxygen atoms in total. The van der Waals surface area contributed by atoms with Crippen LogP contribution in [0.1, 0.15) is 39.9 Å². The molecule has 0 aromatic heterocycles. The minimum Gasteiger partial charge on any atom is -0.357 e. The Morgan fingerprint density at radius 2 is 1.41 bits per heavy atom. The van der Waals surface area contributed by atoms with Crippen LogP contribution in [-0.2, 0) is 6.54 Å². The van der Waals surface area contributed by atoms with Gasteiger partial charge in [0.1, 0.15) is 0 Å². The van der Waals surface area contributed by atoms with Gasteiger partial charge >= 0.3 is 0 Å². The first kappa shape index (κ1) is 25.4. The van der Waals surface area contributed by atoms with Crippen molar-refractivity contribution in [3.63, 3.8) is 0 Å². The second-order valence-electron chi connectivity index (χ2n) is 7.23. The van der Waals surface area contributed by atoms with Gasteiger partial charge in [0.25, 0.3) is 5.91 Å². The van der Waals surface area contributed by atoms with Crippen LogP contribution >= 0.6 is 24.0 Å². The van der Waals surface area contributed by atoms with Gasteiger partial charge in [-0.3, -0.25) is 4.79 Å². The summed E-state index contributed by atoms with van der Waals surface area (Å²) in [5, 5.41) is 9.46. The Balaban J connectivity index is 0.00000363. The molecule has 0 heterocycles. The number of hydrogen-bond donors (Lipinski definition) is 3. The summed E-state index contributed by atoms with van der Waals surface area (Å²) in [5.41, 5.74) is 4.23. The van der Waals surface area contributed by atoms with Gasteiger partial charge in [-0.05, 0) is 35.7 Å². The van der Waals surface area contributed by atoms with E-state index in [1.807, 2.05) is 36.4 Å². The Hall–Kier alpha value is -2.87. The molecule has 0 saturated carbocycles. The predicted molar refractivity (Wildman–Crippen MR) is 143 cm³/mol. The van der Waals surface area contributed by atoms with Crippen LogP contribution in [0.3, 0.4) is 0 Å². The fraction of sp³-hybridized carbons (Fsp3) is 0.231. The van der Waals surface area contributed by atoms with Crippen LogP contribution in [0.2, 0.25) is 0 Å². The normalized spacial score (nSPS) is 10.9. The van der Waals surface area contributed by atoms with Crippen LogP contribution in [0.4, 0.5) is 0 Å². The highest BCUT2D eigenvalue weighted by molar-refractivity contribution is 14.0. The molecule has 0 aliphatic carbocycles. The summed E-state index contributed by atoms with van der Waals surface area (Å²) < 4.78 is 0. The monoisotopic (exact) mass is 542 g/mol. The lowest BCUT2D eigenvalue weighted by Gasteiger charge is -2.20. The SMILES string of the molecule is CCNC(=NCc1ccc(C(=O)NC)cc1)NCC(c1ccccc1)c1ccccc1.I. The number of hydrogen-bond acceptors (Lipinski definition) is 2. The fourth-order valence-corrected chi connectivity index (χ4v) is 3.42. The minimum absolute atomic E-state index is 0. The van der Waals surface area contributed by atoms with E-state index >= 15 is 0 Å². The third kappa shape index (κ3) is 7.37. The third-order valence-corrected chi connectivity index (χ3v) is 5.08. The highest BCUT2D eigenvalue weighted by Crippen LogP contribution is 2.23. The molecule has 1 amide bonds. The Morgan fingerprint density at radius 1 is 0.844 bits per heavy atom. The maximum absolute atomic E-state index is 11.7. The maximum Gasteiger partial charge on any atom is 0.251 e. The average molecular weight is 542 g/mol. The number of aliphatic imine (C=N–C) groups is 1. The average Bonchev–Trinajstić information content (AvgIpc) is 2.83. The standard InChI is InChI=1S/C26H30N4O.HI/c1-3-28-26(29-18-20-14-16-23(17-15-20)25(31)27-2)30-19-24(21-10-6-4-7-11-21)22-12-8-5-9-13-22;/h4-17,24H,3,18-19H2,1-2H3,(H,27,31)(H2,28,29,30);1H. The number of guanidine groups is 1. The molecule has 0 radical (unpaired) electrons. The van der Waals surface area contributed by atoms with E-state index < -0.39 is 0 Å². The Bertz CT molecular complexity index is 936. The van der Waals surface area contributed by atoms with Crippen LogP contribution in [0.25, 0.3) is 0 Å². The van der Waals surface area contributed by atoms with Crippen LogP contribution in [0, 0.1) is 0 Å². The quantitative estimate of drug-likeness (QED) is 0.222. The highest BCUT2D eigenvalue weighted by Gasteiger charge is 2.14. The molecule has 3 rings (SSSR count). The van der Waals surface area contributed by atoms with E-state index in [1.165, 1.54) is 11.1 Å². The Kier molecular flexibility index (Phi) is 10.7. The van der Waals surface area contributed by atoms with E-state index in [0.717, 1.165) is 24.6 Å². The molecule has 0 atom stereocenters. The van der Waals surface area contributed by atoms with Crippen molar-refractivity contribution in [3.8, 4) is 0 Å². The largest absolute Gasteiger partial charge is 0.357 e. The van der Waals surface area contributed by atoms with Crippen molar-refractivity contribution in [2.24, 2.45) is 4.99 Å². The molecule has 3 N–H and O–H groups in total. The number of amides is 1. The van der Waals surface area contributed by atoms with Gasteiger partial charge in [0.15, 0.2) is 5.96 Å². The number of nitrogens with one attached hydrogen (secondary N) is 3. The lowest BCUT2D eigenvalue weighted by Crippen LogP contribution is -2.39. The molecule has 32 heavy (non-hydrogen) atoms. The molecule has 0 unspecified atom stereocenters. The summed E-state index contributed by atoms with van der Waals surface area (Å²) >= 11 is 0. The molecule has 0 bridgehead atoms. The van der Waals surface area contributed by atoms with Crippen LogP contribution in [-0.4, -0.2) is 32.0 Å². The van der Waals surface area contributed by atoms with Gasteiger partial charge in [-0.25, -0.2) is 4.99 Å². The zero-order valence-electron chi connectivity index (χ0n) is 18.5. The first-order chi connectivity index (χ1) is 15.2. The molecule has 0 aliphatic rings. The molecule has 0 spiro atoms. The lowest BCUT2D eigenvalue weighted by molar-refractivity contribution is 0.0963. The Morgan fingerprint density at radius 3 is 1.91 bits per heavy atom. The van der Waals surface area contributed by atoms with E-state index in [9.17, 15) is 4.79 Å². The first-order valence-corrected chi connectivity index (χ1v) is 10.6. The van der Waals surface area contributed by atoms with Gasteiger partial charge in [0, 0.05) is 31.6 Å². The summed E-state index contributed by atoms with van der Waals surface area (Å²) in [5.74, 6) is 0.908. The van der Waals surface area contributed by atoms with E-state index in [-0.39, 0.29) is 35.8 Å². The van der Waals surface area contributed by atoms with Crippen molar-refractivity contribution < 1.29 is 4.79 Å². The number of carbonyl (C=O) groups is 1. The molecular formula is C26H31IN4O. The van der Waals surface area contributed by atoms with Crippen molar-refractivity contribution in [3.05, 3.63) is 107 Å². The van der Waals surface area contributed by atoms with Crippen molar-refractivity contribution >= 4 is 35.8 Å². The van der Waals surface area contributed by atoms with Crippen LogP contribution in [0.15, 0.2) is 89.9 Å². The molecule has 168 valence electrons. The number of rotatable bonds is 8.